The molecule has 24 heavy (non-hydrogen) atoms. The maximum Gasteiger partial charge on any atom is 0.224 e. The lowest BCUT2D eigenvalue weighted by atomic mass is 9.94. The van der Waals surface area contributed by atoms with Gasteiger partial charge in [-0.1, -0.05) is 42.4 Å². The molecule has 1 heterocycles. The van der Waals surface area contributed by atoms with Gasteiger partial charge in [-0.05, 0) is 32.8 Å². The van der Waals surface area contributed by atoms with E-state index in [1.165, 1.54) is 0 Å². The zero-order chi connectivity index (χ0) is 17.0. The molecule has 3 unspecified atom stereocenters. The summed E-state index contributed by atoms with van der Waals surface area (Å²) in [6, 6.07) is 9.36. The number of nitrogens with two attached hydrogens (primary N) is 1. The summed E-state index contributed by atoms with van der Waals surface area (Å²) in [5.41, 5.74) is 9.11. The third-order valence-electron chi connectivity index (χ3n) is 4.22. The first-order valence-corrected chi connectivity index (χ1v) is 7.92. The first-order chi connectivity index (χ1) is 10.9. The second-order valence-electron chi connectivity index (χ2n) is 6.14. The van der Waals surface area contributed by atoms with Crippen LogP contribution >= 0.6 is 12.4 Å². The fourth-order valence-electron chi connectivity index (χ4n) is 2.65. The standard InChI is InChI=1S/C18H25N3O2.ClH/c1-11(10-16-13(3)21-23-14(16)4)20-18(22)12(2)17(19)15-8-6-5-7-9-15;/h5-9,11-12,17H,10,19H2,1-4H3,(H,20,22);1H. The van der Waals surface area contributed by atoms with Crippen LogP contribution in [-0.4, -0.2) is 17.1 Å². The van der Waals surface area contributed by atoms with E-state index < -0.39 is 0 Å². The number of aryl methyl sites for hydroxylation is 2. The van der Waals surface area contributed by atoms with Gasteiger partial charge in [0, 0.05) is 17.6 Å². The molecule has 0 bridgehead atoms. The molecule has 0 aliphatic rings. The van der Waals surface area contributed by atoms with Crippen molar-refractivity contribution in [2.75, 3.05) is 0 Å². The zero-order valence-corrected chi connectivity index (χ0v) is 15.4. The smallest absolute Gasteiger partial charge is 0.224 e. The van der Waals surface area contributed by atoms with Crippen LogP contribution in [0.25, 0.3) is 0 Å². The topological polar surface area (TPSA) is 81.2 Å². The largest absolute Gasteiger partial charge is 0.361 e. The fraction of sp³-hybridized carbons (Fsp3) is 0.444. The number of nitrogens with zero attached hydrogens (tertiary/aromatic N) is 1. The molecular formula is C18H26ClN3O2. The highest BCUT2D eigenvalue weighted by molar-refractivity contribution is 5.85. The molecule has 2 aromatic rings. The molecule has 3 atom stereocenters. The molecule has 0 spiro atoms. The maximum absolute atomic E-state index is 12.4. The number of hydrogen-bond acceptors (Lipinski definition) is 4. The van der Waals surface area contributed by atoms with Crippen molar-refractivity contribution in [3.05, 3.63) is 52.9 Å². The van der Waals surface area contributed by atoms with Crippen LogP contribution in [0.5, 0.6) is 0 Å². The highest BCUT2D eigenvalue weighted by Crippen LogP contribution is 2.20. The van der Waals surface area contributed by atoms with Gasteiger partial charge in [0.05, 0.1) is 11.6 Å². The summed E-state index contributed by atoms with van der Waals surface area (Å²) in [5, 5.41) is 6.98. The number of rotatable bonds is 6. The number of halogens is 1. The number of aromatic nitrogens is 1. The van der Waals surface area contributed by atoms with Crippen LogP contribution in [0.4, 0.5) is 0 Å². The molecule has 1 aromatic carbocycles. The summed E-state index contributed by atoms with van der Waals surface area (Å²) in [7, 11) is 0. The van der Waals surface area contributed by atoms with Crippen molar-refractivity contribution in [1.29, 1.82) is 0 Å². The minimum atomic E-state index is -0.317. The van der Waals surface area contributed by atoms with Crippen LogP contribution in [0.3, 0.4) is 0 Å². The van der Waals surface area contributed by atoms with Crippen molar-refractivity contribution in [3.8, 4) is 0 Å². The Morgan fingerprint density at radius 3 is 2.42 bits per heavy atom. The van der Waals surface area contributed by atoms with E-state index >= 15 is 0 Å². The van der Waals surface area contributed by atoms with E-state index in [1.807, 2.05) is 58.0 Å². The predicted octanol–water partition coefficient (Wildman–Crippen LogP) is 3.10. The van der Waals surface area contributed by atoms with Crippen molar-refractivity contribution in [1.82, 2.24) is 10.5 Å². The predicted molar refractivity (Wildman–Crippen MR) is 97.1 cm³/mol. The van der Waals surface area contributed by atoms with Gasteiger partial charge in [-0.25, -0.2) is 0 Å². The molecule has 132 valence electrons. The van der Waals surface area contributed by atoms with Crippen molar-refractivity contribution in [3.63, 3.8) is 0 Å². The quantitative estimate of drug-likeness (QED) is 0.837. The molecule has 5 nitrogen and oxygen atoms in total. The van der Waals surface area contributed by atoms with Crippen molar-refractivity contribution >= 4 is 18.3 Å². The van der Waals surface area contributed by atoms with Crippen LogP contribution in [0.1, 0.15) is 42.5 Å². The molecule has 2 rings (SSSR count). The average molecular weight is 352 g/mol. The van der Waals surface area contributed by atoms with Crippen LogP contribution in [0.2, 0.25) is 0 Å². The van der Waals surface area contributed by atoms with Crippen molar-refractivity contribution in [2.24, 2.45) is 11.7 Å². The summed E-state index contributed by atoms with van der Waals surface area (Å²) in [6.45, 7) is 7.63. The van der Waals surface area contributed by atoms with E-state index in [9.17, 15) is 4.79 Å². The third-order valence-corrected chi connectivity index (χ3v) is 4.22. The van der Waals surface area contributed by atoms with Gasteiger partial charge in [0.25, 0.3) is 0 Å². The molecule has 6 heteroatoms. The molecule has 0 radical (unpaired) electrons. The van der Waals surface area contributed by atoms with E-state index in [4.69, 9.17) is 10.3 Å². The van der Waals surface area contributed by atoms with E-state index in [2.05, 4.69) is 10.5 Å². The van der Waals surface area contributed by atoms with Crippen molar-refractivity contribution < 1.29 is 9.32 Å². The maximum atomic E-state index is 12.4. The molecular weight excluding hydrogens is 326 g/mol. The summed E-state index contributed by atoms with van der Waals surface area (Å²) in [6.07, 6.45) is 0.695. The number of hydrogen-bond donors (Lipinski definition) is 2. The van der Waals surface area contributed by atoms with Gasteiger partial charge in [0.1, 0.15) is 5.76 Å². The lowest BCUT2D eigenvalue weighted by molar-refractivity contribution is -0.125. The molecule has 0 aliphatic heterocycles. The summed E-state index contributed by atoms with van der Waals surface area (Å²) in [4.78, 5) is 12.4. The van der Waals surface area contributed by atoms with Gasteiger partial charge in [-0.2, -0.15) is 0 Å². The summed E-state index contributed by atoms with van der Waals surface area (Å²) in [5.74, 6) is 0.461. The third kappa shape index (κ3) is 4.82. The van der Waals surface area contributed by atoms with Crippen LogP contribution < -0.4 is 11.1 Å². The Morgan fingerprint density at radius 2 is 1.88 bits per heavy atom. The Kier molecular flexibility index (Phi) is 7.45. The lowest BCUT2D eigenvalue weighted by Crippen LogP contribution is -2.41. The number of carbonyl (C=O) groups is 1. The molecule has 3 N–H and O–H groups in total. The number of nitrogens with one attached hydrogen (secondary N) is 1. The SMILES string of the molecule is Cc1noc(C)c1CC(C)NC(=O)C(C)C(N)c1ccccc1.Cl. The highest BCUT2D eigenvalue weighted by Gasteiger charge is 2.24. The Hall–Kier alpha value is -1.85. The van der Waals surface area contributed by atoms with Gasteiger partial charge in [0.2, 0.25) is 5.91 Å². The van der Waals surface area contributed by atoms with Gasteiger partial charge >= 0.3 is 0 Å². The monoisotopic (exact) mass is 351 g/mol. The normalized spacial score (nSPS) is 14.4. The van der Waals surface area contributed by atoms with Crippen molar-refractivity contribution in [2.45, 2.75) is 46.2 Å². The van der Waals surface area contributed by atoms with Gasteiger partial charge < -0.3 is 15.6 Å². The Bertz CT molecular complexity index is 638. The molecule has 1 aromatic heterocycles. The van der Waals surface area contributed by atoms with E-state index in [1.54, 1.807) is 0 Å². The molecule has 1 amide bonds. The van der Waals surface area contributed by atoms with Crippen LogP contribution in [0.15, 0.2) is 34.9 Å². The number of amides is 1. The van der Waals surface area contributed by atoms with Gasteiger partial charge in [-0.15, -0.1) is 12.4 Å². The fourth-order valence-corrected chi connectivity index (χ4v) is 2.65. The van der Waals surface area contributed by atoms with Gasteiger partial charge in [0.15, 0.2) is 0 Å². The second kappa shape index (κ2) is 8.85. The Labute approximate surface area is 149 Å². The van der Waals surface area contributed by atoms with E-state index in [0.29, 0.717) is 6.42 Å². The summed E-state index contributed by atoms with van der Waals surface area (Å²) < 4.78 is 5.16. The highest BCUT2D eigenvalue weighted by atomic mass is 35.5. The minimum Gasteiger partial charge on any atom is -0.361 e. The second-order valence-corrected chi connectivity index (χ2v) is 6.14. The van der Waals surface area contributed by atoms with Gasteiger partial charge in [-0.3, -0.25) is 4.79 Å². The van der Waals surface area contributed by atoms with E-state index in [0.717, 1.165) is 22.6 Å². The first-order valence-electron chi connectivity index (χ1n) is 7.92. The first kappa shape index (κ1) is 20.2. The van der Waals surface area contributed by atoms with Crippen LogP contribution in [-0.2, 0) is 11.2 Å². The number of carbonyl (C=O) groups excluding carboxylic acids is 1. The molecule has 0 saturated carbocycles. The minimum absolute atomic E-state index is 0. The zero-order valence-electron chi connectivity index (χ0n) is 14.6. The Balaban J connectivity index is 0.00000288. The summed E-state index contributed by atoms with van der Waals surface area (Å²) >= 11 is 0. The number of benzene rings is 1. The molecule has 0 fully saturated rings. The van der Waals surface area contributed by atoms with E-state index in [-0.39, 0.29) is 36.3 Å². The average Bonchev–Trinajstić information content (AvgIpc) is 2.86. The molecule has 0 aliphatic carbocycles. The van der Waals surface area contributed by atoms with Crippen LogP contribution in [0, 0.1) is 19.8 Å². The molecule has 0 saturated heterocycles. The Morgan fingerprint density at radius 1 is 1.25 bits per heavy atom. The lowest BCUT2D eigenvalue weighted by Gasteiger charge is -2.22.